The summed E-state index contributed by atoms with van der Waals surface area (Å²) in [5, 5.41) is 3.52. The van der Waals surface area contributed by atoms with E-state index in [0.29, 0.717) is 44.2 Å². The predicted octanol–water partition coefficient (Wildman–Crippen LogP) is 2.05. The number of rotatable bonds is 9. The number of hydrogen-bond donors (Lipinski definition) is 1. The first-order valence-corrected chi connectivity index (χ1v) is 6.68. The summed E-state index contributed by atoms with van der Waals surface area (Å²) >= 11 is 5.79. The van der Waals surface area contributed by atoms with Gasteiger partial charge in [0, 0.05) is 25.1 Å². The van der Waals surface area contributed by atoms with Gasteiger partial charge in [0.25, 0.3) is 0 Å². The summed E-state index contributed by atoms with van der Waals surface area (Å²) in [5.41, 5.74) is 1.11. The number of nitrogens with one attached hydrogen (secondary N) is 1. The molecule has 106 valence electrons. The molecule has 19 heavy (non-hydrogen) atoms. The highest BCUT2D eigenvalue weighted by Gasteiger charge is 2.01. The highest BCUT2D eigenvalue weighted by Crippen LogP contribution is 2.10. The Morgan fingerprint density at radius 3 is 2.63 bits per heavy atom. The van der Waals surface area contributed by atoms with Crippen LogP contribution in [-0.4, -0.2) is 39.4 Å². The zero-order chi connectivity index (χ0) is 13.9. The lowest BCUT2D eigenvalue weighted by Crippen LogP contribution is -2.27. The molecular weight excluding hydrogens is 266 g/mol. The molecule has 1 aromatic carbocycles. The van der Waals surface area contributed by atoms with E-state index in [0.717, 1.165) is 5.56 Å². The van der Waals surface area contributed by atoms with Crippen LogP contribution in [0.4, 0.5) is 0 Å². The molecule has 1 amide bonds. The second kappa shape index (κ2) is 9.78. The van der Waals surface area contributed by atoms with Crippen molar-refractivity contribution in [3.05, 3.63) is 34.9 Å². The van der Waals surface area contributed by atoms with Crippen LogP contribution in [0.5, 0.6) is 0 Å². The maximum Gasteiger partial charge on any atom is 0.220 e. The summed E-state index contributed by atoms with van der Waals surface area (Å²) in [7, 11) is 1.63. The van der Waals surface area contributed by atoms with Gasteiger partial charge in [-0.1, -0.05) is 23.7 Å². The lowest BCUT2D eigenvalue weighted by atomic mass is 10.1. The standard InChI is InChI=1S/C14H20ClNO3/c1-18-10-11-19-9-8-16-14(17)7-4-12-2-5-13(15)6-3-12/h2-3,5-6H,4,7-11H2,1H3,(H,16,17). The molecule has 0 saturated heterocycles. The molecule has 0 aromatic heterocycles. The Morgan fingerprint density at radius 1 is 1.21 bits per heavy atom. The van der Waals surface area contributed by atoms with E-state index in [9.17, 15) is 4.79 Å². The summed E-state index contributed by atoms with van der Waals surface area (Å²) < 4.78 is 10.1. The normalized spacial score (nSPS) is 10.4. The number of benzene rings is 1. The highest BCUT2D eigenvalue weighted by atomic mass is 35.5. The Morgan fingerprint density at radius 2 is 1.95 bits per heavy atom. The Bertz CT molecular complexity index is 367. The molecule has 1 rings (SSSR count). The number of carbonyl (C=O) groups is 1. The average Bonchev–Trinajstić information content (AvgIpc) is 2.42. The molecule has 0 unspecified atom stereocenters. The van der Waals surface area contributed by atoms with Gasteiger partial charge in [0.05, 0.1) is 19.8 Å². The second-order valence-corrected chi connectivity index (χ2v) is 4.52. The van der Waals surface area contributed by atoms with Crippen molar-refractivity contribution in [1.29, 1.82) is 0 Å². The fourth-order valence-electron chi connectivity index (χ4n) is 1.50. The minimum absolute atomic E-state index is 0.0327. The van der Waals surface area contributed by atoms with Gasteiger partial charge in [-0.3, -0.25) is 4.79 Å². The van der Waals surface area contributed by atoms with E-state index in [4.69, 9.17) is 21.1 Å². The molecule has 0 radical (unpaired) electrons. The average molecular weight is 286 g/mol. The fourth-order valence-corrected chi connectivity index (χ4v) is 1.63. The SMILES string of the molecule is COCCOCCNC(=O)CCc1ccc(Cl)cc1. The molecule has 0 aliphatic heterocycles. The van der Waals surface area contributed by atoms with E-state index >= 15 is 0 Å². The van der Waals surface area contributed by atoms with Gasteiger partial charge >= 0.3 is 0 Å². The van der Waals surface area contributed by atoms with Crippen molar-refractivity contribution in [2.45, 2.75) is 12.8 Å². The van der Waals surface area contributed by atoms with Gasteiger partial charge in [-0.25, -0.2) is 0 Å². The quantitative estimate of drug-likeness (QED) is 0.707. The van der Waals surface area contributed by atoms with Crippen LogP contribution in [-0.2, 0) is 20.7 Å². The van der Waals surface area contributed by atoms with Gasteiger partial charge in [0.2, 0.25) is 5.91 Å². The lowest BCUT2D eigenvalue weighted by molar-refractivity contribution is -0.121. The molecule has 0 atom stereocenters. The van der Waals surface area contributed by atoms with Crippen LogP contribution in [0.2, 0.25) is 5.02 Å². The van der Waals surface area contributed by atoms with E-state index < -0.39 is 0 Å². The Kier molecular flexibility index (Phi) is 8.21. The van der Waals surface area contributed by atoms with Gasteiger partial charge in [-0.05, 0) is 24.1 Å². The Labute approximate surface area is 119 Å². The van der Waals surface area contributed by atoms with E-state index in [1.54, 1.807) is 7.11 Å². The summed E-state index contributed by atoms with van der Waals surface area (Å²) in [6.45, 7) is 2.17. The van der Waals surface area contributed by atoms with Crippen molar-refractivity contribution < 1.29 is 14.3 Å². The Hall–Kier alpha value is -1.10. The van der Waals surface area contributed by atoms with Crippen molar-refractivity contribution in [1.82, 2.24) is 5.32 Å². The molecule has 0 aliphatic rings. The number of hydrogen-bond acceptors (Lipinski definition) is 3. The molecule has 4 nitrogen and oxygen atoms in total. The van der Waals surface area contributed by atoms with Crippen molar-refractivity contribution in [3.63, 3.8) is 0 Å². The van der Waals surface area contributed by atoms with E-state index in [-0.39, 0.29) is 5.91 Å². The third-order valence-corrected chi connectivity index (χ3v) is 2.81. The maximum absolute atomic E-state index is 11.6. The van der Waals surface area contributed by atoms with Crippen LogP contribution >= 0.6 is 11.6 Å². The third-order valence-electron chi connectivity index (χ3n) is 2.55. The van der Waals surface area contributed by atoms with Crippen LogP contribution < -0.4 is 5.32 Å². The minimum Gasteiger partial charge on any atom is -0.382 e. The molecule has 0 saturated carbocycles. The maximum atomic E-state index is 11.6. The molecule has 0 fully saturated rings. The fraction of sp³-hybridized carbons (Fsp3) is 0.500. The molecule has 1 N–H and O–H groups in total. The lowest BCUT2D eigenvalue weighted by Gasteiger charge is -2.06. The van der Waals surface area contributed by atoms with E-state index in [1.807, 2.05) is 24.3 Å². The minimum atomic E-state index is 0.0327. The van der Waals surface area contributed by atoms with Gasteiger partial charge in [-0.15, -0.1) is 0 Å². The predicted molar refractivity (Wildman–Crippen MR) is 75.5 cm³/mol. The van der Waals surface area contributed by atoms with Crippen molar-refractivity contribution in [2.24, 2.45) is 0 Å². The summed E-state index contributed by atoms with van der Waals surface area (Å²) in [6.07, 6.45) is 1.19. The van der Waals surface area contributed by atoms with Crippen molar-refractivity contribution in [2.75, 3.05) is 33.5 Å². The summed E-state index contributed by atoms with van der Waals surface area (Å²) in [4.78, 5) is 11.6. The van der Waals surface area contributed by atoms with Gasteiger partial charge in [-0.2, -0.15) is 0 Å². The van der Waals surface area contributed by atoms with Crippen LogP contribution in [0.3, 0.4) is 0 Å². The van der Waals surface area contributed by atoms with Crippen LogP contribution in [0, 0.1) is 0 Å². The third kappa shape index (κ3) is 7.82. The highest BCUT2D eigenvalue weighted by molar-refractivity contribution is 6.30. The first-order valence-electron chi connectivity index (χ1n) is 6.30. The molecule has 0 heterocycles. The summed E-state index contributed by atoms with van der Waals surface area (Å²) in [6, 6.07) is 7.53. The molecule has 1 aromatic rings. The topological polar surface area (TPSA) is 47.6 Å². The number of methoxy groups -OCH3 is 1. The number of ether oxygens (including phenoxy) is 2. The smallest absolute Gasteiger partial charge is 0.220 e. The number of halogens is 1. The molecule has 0 aliphatic carbocycles. The largest absolute Gasteiger partial charge is 0.382 e. The first-order chi connectivity index (χ1) is 9.22. The van der Waals surface area contributed by atoms with Crippen molar-refractivity contribution in [3.8, 4) is 0 Å². The van der Waals surface area contributed by atoms with Gasteiger partial charge < -0.3 is 14.8 Å². The second-order valence-electron chi connectivity index (χ2n) is 4.08. The van der Waals surface area contributed by atoms with Gasteiger partial charge in [0.15, 0.2) is 0 Å². The van der Waals surface area contributed by atoms with E-state index in [2.05, 4.69) is 5.32 Å². The number of carbonyl (C=O) groups excluding carboxylic acids is 1. The summed E-state index contributed by atoms with van der Waals surface area (Å²) in [5.74, 6) is 0.0327. The van der Waals surface area contributed by atoms with E-state index in [1.165, 1.54) is 0 Å². The monoisotopic (exact) mass is 285 g/mol. The van der Waals surface area contributed by atoms with Gasteiger partial charge in [0.1, 0.15) is 0 Å². The Balaban J connectivity index is 2.06. The van der Waals surface area contributed by atoms with Crippen LogP contribution in [0.25, 0.3) is 0 Å². The first kappa shape index (κ1) is 16.0. The number of amides is 1. The molecular formula is C14H20ClNO3. The zero-order valence-electron chi connectivity index (χ0n) is 11.2. The zero-order valence-corrected chi connectivity index (χ0v) is 11.9. The van der Waals surface area contributed by atoms with Crippen LogP contribution in [0.1, 0.15) is 12.0 Å². The molecule has 5 heteroatoms. The molecule has 0 spiro atoms. The van der Waals surface area contributed by atoms with Crippen LogP contribution in [0.15, 0.2) is 24.3 Å². The molecule has 0 bridgehead atoms. The number of aryl methyl sites for hydroxylation is 1. The van der Waals surface area contributed by atoms with Crippen molar-refractivity contribution >= 4 is 17.5 Å².